The van der Waals surface area contributed by atoms with Crippen molar-refractivity contribution >= 4 is 11.6 Å². The number of H-pyrrole nitrogens is 1. The Kier molecular flexibility index (Phi) is 4.46. The van der Waals surface area contributed by atoms with E-state index in [-0.39, 0.29) is 23.8 Å². The molecular weight excluding hydrogens is 268 g/mol. The second kappa shape index (κ2) is 6.48. The maximum absolute atomic E-state index is 11.8. The van der Waals surface area contributed by atoms with Gasteiger partial charge in [0.25, 0.3) is 5.56 Å². The molecule has 6 heteroatoms. The molecule has 1 amide bonds. The molecule has 2 aromatic rings. The molecule has 0 aliphatic carbocycles. The van der Waals surface area contributed by atoms with E-state index in [0.29, 0.717) is 11.4 Å². The molecule has 21 heavy (non-hydrogen) atoms. The van der Waals surface area contributed by atoms with Gasteiger partial charge >= 0.3 is 0 Å². The highest BCUT2D eigenvalue weighted by molar-refractivity contribution is 5.92. The van der Waals surface area contributed by atoms with Crippen LogP contribution in [0.3, 0.4) is 0 Å². The summed E-state index contributed by atoms with van der Waals surface area (Å²) in [5, 5.41) is 17.6. The number of aromatic nitrogens is 2. The Morgan fingerprint density at radius 3 is 2.62 bits per heavy atom. The molecule has 0 aliphatic heterocycles. The SMILES string of the molecule is CC(CC#N)C(=O)Nc1ccc(-c2ccc(=O)[nH]n2)cc1. The van der Waals surface area contributed by atoms with Gasteiger partial charge in [0.15, 0.2) is 0 Å². The molecule has 1 heterocycles. The number of rotatable bonds is 4. The predicted octanol–water partition coefficient (Wildman–Crippen LogP) is 1.93. The van der Waals surface area contributed by atoms with Crippen molar-refractivity contribution in [1.29, 1.82) is 5.26 Å². The lowest BCUT2D eigenvalue weighted by Gasteiger charge is -2.09. The van der Waals surface area contributed by atoms with Gasteiger partial charge < -0.3 is 5.32 Å². The van der Waals surface area contributed by atoms with Crippen LogP contribution in [0.1, 0.15) is 13.3 Å². The van der Waals surface area contributed by atoms with Crippen LogP contribution in [-0.4, -0.2) is 16.1 Å². The van der Waals surface area contributed by atoms with Crippen molar-refractivity contribution in [3.8, 4) is 17.3 Å². The van der Waals surface area contributed by atoms with Crippen molar-refractivity contribution in [3.05, 3.63) is 46.8 Å². The Labute approximate surface area is 121 Å². The van der Waals surface area contributed by atoms with Gasteiger partial charge in [-0.25, -0.2) is 5.10 Å². The summed E-state index contributed by atoms with van der Waals surface area (Å²) >= 11 is 0. The third-order valence-electron chi connectivity index (χ3n) is 2.97. The van der Waals surface area contributed by atoms with E-state index >= 15 is 0 Å². The highest BCUT2D eigenvalue weighted by atomic mass is 16.1. The predicted molar refractivity (Wildman–Crippen MR) is 78.3 cm³/mol. The number of hydrogen-bond donors (Lipinski definition) is 2. The zero-order chi connectivity index (χ0) is 15.2. The second-order valence-corrected chi connectivity index (χ2v) is 4.64. The van der Waals surface area contributed by atoms with Crippen LogP contribution in [0.2, 0.25) is 0 Å². The minimum absolute atomic E-state index is 0.186. The molecule has 0 spiro atoms. The standard InChI is InChI=1S/C15H14N4O2/c1-10(8-9-16)15(21)17-12-4-2-11(3-5-12)13-6-7-14(20)19-18-13/h2-7,10H,8H2,1H3,(H,17,21)(H,19,20). The Morgan fingerprint density at radius 2 is 2.05 bits per heavy atom. The first kappa shape index (κ1) is 14.5. The number of benzene rings is 1. The van der Waals surface area contributed by atoms with E-state index in [9.17, 15) is 9.59 Å². The van der Waals surface area contributed by atoms with Crippen LogP contribution in [0.4, 0.5) is 5.69 Å². The summed E-state index contributed by atoms with van der Waals surface area (Å²) in [5.74, 6) is -0.540. The van der Waals surface area contributed by atoms with Crippen LogP contribution in [-0.2, 0) is 4.79 Å². The molecule has 0 saturated heterocycles. The maximum atomic E-state index is 11.8. The van der Waals surface area contributed by atoms with Crippen LogP contribution >= 0.6 is 0 Å². The van der Waals surface area contributed by atoms with Crippen LogP contribution in [0.5, 0.6) is 0 Å². The molecule has 0 bridgehead atoms. The number of nitriles is 1. The molecule has 1 unspecified atom stereocenters. The van der Waals surface area contributed by atoms with Crippen molar-refractivity contribution in [2.45, 2.75) is 13.3 Å². The molecule has 0 saturated carbocycles. The zero-order valence-electron chi connectivity index (χ0n) is 11.5. The lowest BCUT2D eigenvalue weighted by Crippen LogP contribution is -2.19. The Morgan fingerprint density at radius 1 is 1.33 bits per heavy atom. The number of nitrogens with zero attached hydrogens (tertiary/aromatic N) is 2. The van der Waals surface area contributed by atoms with Gasteiger partial charge in [-0.05, 0) is 18.2 Å². The summed E-state index contributed by atoms with van der Waals surface area (Å²) in [6.07, 6.45) is 0.186. The molecule has 2 rings (SSSR count). The minimum Gasteiger partial charge on any atom is -0.326 e. The summed E-state index contributed by atoms with van der Waals surface area (Å²) in [5.41, 5.74) is 1.87. The summed E-state index contributed by atoms with van der Waals surface area (Å²) in [6.45, 7) is 1.71. The number of nitrogens with one attached hydrogen (secondary N) is 2. The lowest BCUT2D eigenvalue weighted by molar-refractivity contribution is -0.119. The summed E-state index contributed by atoms with van der Waals surface area (Å²) in [4.78, 5) is 22.7. The van der Waals surface area contributed by atoms with Crippen LogP contribution < -0.4 is 10.9 Å². The number of amides is 1. The van der Waals surface area contributed by atoms with Gasteiger partial charge in [-0.3, -0.25) is 9.59 Å². The van der Waals surface area contributed by atoms with Gasteiger partial charge in [-0.15, -0.1) is 0 Å². The number of carbonyl (C=O) groups excluding carboxylic acids is 1. The maximum Gasteiger partial charge on any atom is 0.264 e. The van der Waals surface area contributed by atoms with Gasteiger partial charge in [-0.1, -0.05) is 19.1 Å². The smallest absolute Gasteiger partial charge is 0.264 e. The summed E-state index contributed by atoms with van der Waals surface area (Å²) in [7, 11) is 0. The largest absolute Gasteiger partial charge is 0.326 e. The van der Waals surface area contributed by atoms with E-state index in [4.69, 9.17) is 5.26 Å². The third-order valence-corrected chi connectivity index (χ3v) is 2.97. The average molecular weight is 282 g/mol. The Balaban J connectivity index is 2.09. The highest BCUT2D eigenvalue weighted by Gasteiger charge is 2.12. The van der Waals surface area contributed by atoms with Gasteiger partial charge in [-0.2, -0.15) is 10.4 Å². The monoisotopic (exact) mass is 282 g/mol. The molecule has 1 aromatic heterocycles. The van der Waals surface area contributed by atoms with Crippen LogP contribution in [0, 0.1) is 17.2 Å². The Bertz CT molecular complexity index is 708. The van der Waals surface area contributed by atoms with Gasteiger partial charge in [0.05, 0.1) is 11.8 Å². The summed E-state index contributed by atoms with van der Waals surface area (Å²) in [6, 6.07) is 12.1. The molecule has 0 radical (unpaired) electrons. The molecule has 106 valence electrons. The van der Waals surface area contributed by atoms with E-state index in [1.165, 1.54) is 6.07 Å². The fourth-order valence-electron chi connectivity index (χ4n) is 1.72. The zero-order valence-corrected chi connectivity index (χ0v) is 11.5. The fraction of sp³-hybridized carbons (Fsp3) is 0.200. The summed E-state index contributed by atoms with van der Waals surface area (Å²) < 4.78 is 0. The van der Waals surface area contributed by atoms with Gasteiger partial charge in [0.1, 0.15) is 0 Å². The van der Waals surface area contributed by atoms with Gasteiger partial charge in [0.2, 0.25) is 5.91 Å². The molecule has 0 aliphatic rings. The molecule has 0 fully saturated rings. The topological polar surface area (TPSA) is 98.6 Å². The molecule has 1 atom stereocenters. The molecule has 6 nitrogen and oxygen atoms in total. The van der Waals surface area contributed by atoms with Crippen molar-refractivity contribution in [3.63, 3.8) is 0 Å². The average Bonchev–Trinajstić information content (AvgIpc) is 2.49. The number of aromatic amines is 1. The molecule has 1 aromatic carbocycles. The van der Waals surface area contributed by atoms with Crippen molar-refractivity contribution in [2.24, 2.45) is 5.92 Å². The van der Waals surface area contributed by atoms with E-state index in [2.05, 4.69) is 15.5 Å². The quantitative estimate of drug-likeness (QED) is 0.895. The number of anilines is 1. The normalized spacial score (nSPS) is 11.4. The van der Waals surface area contributed by atoms with Gasteiger partial charge in [0, 0.05) is 29.7 Å². The third kappa shape index (κ3) is 3.76. The first-order chi connectivity index (χ1) is 10.1. The first-order valence-electron chi connectivity index (χ1n) is 6.44. The van der Waals surface area contributed by atoms with E-state index in [1.54, 1.807) is 37.3 Å². The van der Waals surface area contributed by atoms with Crippen LogP contribution in [0.25, 0.3) is 11.3 Å². The van der Waals surface area contributed by atoms with E-state index in [0.717, 1.165) is 5.56 Å². The molecular formula is C15H14N4O2. The number of hydrogen-bond acceptors (Lipinski definition) is 4. The second-order valence-electron chi connectivity index (χ2n) is 4.64. The van der Waals surface area contributed by atoms with E-state index in [1.807, 2.05) is 6.07 Å². The van der Waals surface area contributed by atoms with Crippen molar-refractivity contribution < 1.29 is 4.79 Å². The van der Waals surface area contributed by atoms with Crippen LogP contribution in [0.15, 0.2) is 41.2 Å². The molecule has 2 N–H and O–H groups in total. The lowest BCUT2D eigenvalue weighted by atomic mass is 10.1. The highest BCUT2D eigenvalue weighted by Crippen LogP contribution is 2.18. The first-order valence-corrected chi connectivity index (χ1v) is 6.44. The fourth-order valence-corrected chi connectivity index (χ4v) is 1.72. The van der Waals surface area contributed by atoms with Crippen molar-refractivity contribution in [2.75, 3.05) is 5.32 Å². The Hall–Kier alpha value is -2.94. The van der Waals surface area contributed by atoms with Crippen molar-refractivity contribution in [1.82, 2.24) is 10.2 Å². The van der Waals surface area contributed by atoms with E-state index < -0.39 is 0 Å². The number of carbonyl (C=O) groups is 1. The minimum atomic E-state index is -0.351.